The van der Waals surface area contributed by atoms with Gasteiger partial charge in [0.05, 0.1) is 18.2 Å². The normalized spacial score (nSPS) is 16.6. The number of piperidine rings is 1. The molecule has 3 aromatic heterocycles. The van der Waals surface area contributed by atoms with Gasteiger partial charge >= 0.3 is 0 Å². The van der Waals surface area contributed by atoms with Crippen molar-refractivity contribution < 1.29 is 4.79 Å². The van der Waals surface area contributed by atoms with Gasteiger partial charge < -0.3 is 5.32 Å². The lowest BCUT2D eigenvalue weighted by Crippen LogP contribution is -2.41. The third kappa shape index (κ3) is 3.94. The summed E-state index contributed by atoms with van der Waals surface area (Å²) in [5.41, 5.74) is 1.97. The zero-order chi connectivity index (χ0) is 17.8. The Hall–Kier alpha value is -2.25. The van der Waals surface area contributed by atoms with Gasteiger partial charge in [-0.1, -0.05) is 12.5 Å². The van der Waals surface area contributed by atoms with Crippen LogP contribution in [0.15, 0.2) is 42.3 Å². The number of fused-ring (bicyclic) bond motifs is 1. The minimum Gasteiger partial charge on any atom is -0.354 e. The molecule has 1 unspecified atom stereocenters. The number of likely N-dealkylation sites (tertiary alicyclic amines) is 1. The Labute approximate surface area is 156 Å². The Morgan fingerprint density at radius 3 is 2.96 bits per heavy atom. The number of thiazole rings is 1. The molecule has 7 heteroatoms. The largest absolute Gasteiger partial charge is 0.354 e. The van der Waals surface area contributed by atoms with Crippen LogP contribution in [-0.4, -0.2) is 44.8 Å². The third-order valence-corrected chi connectivity index (χ3v) is 5.65. The predicted octanol–water partition coefficient (Wildman–Crippen LogP) is 2.68. The van der Waals surface area contributed by atoms with Crippen molar-refractivity contribution in [3.8, 4) is 0 Å². The predicted molar refractivity (Wildman–Crippen MR) is 102 cm³/mol. The number of nitrogens with zero attached hydrogens (tertiary/aromatic N) is 4. The van der Waals surface area contributed by atoms with Gasteiger partial charge in [-0.05, 0) is 37.6 Å². The molecule has 4 rings (SSSR count). The van der Waals surface area contributed by atoms with Gasteiger partial charge in [-0.15, -0.1) is 11.3 Å². The quantitative estimate of drug-likeness (QED) is 0.726. The Balaban J connectivity index is 1.40. The van der Waals surface area contributed by atoms with Crippen molar-refractivity contribution in [3.05, 3.63) is 53.6 Å². The van der Waals surface area contributed by atoms with Crippen LogP contribution in [-0.2, 0) is 11.2 Å². The van der Waals surface area contributed by atoms with Crippen LogP contribution in [0.2, 0.25) is 0 Å². The number of imidazole rings is 1. The summed E-state index contributed by atoms with van der Waals surface area (Å²) in [6.07, 6.45) is 11.6. The van der Waals surface area contributed by atoms with Gasteiger partial charge in [0, 0.05) is 36.7 Å². The number of hydrogen-bond acceptors (Lipinski definition) is 5. The van der Waals surface area contributed by atoms with Gasteiger partial charge in [-0.3, -0.25) is 19.1 Å². The smallest absolute Gasteiger partial charge is 0.226 e. The molecule has 1 N–H and O–H groups in total. The second kappa shape index (κ2) is 7.97. The number of hydrogen-bond donors (Lipinski definition) is 1. The summed E-state index contributed by atoms with van der Waals surface area (Å²) in [4.78, 5) is 24.6. The first-order valence-corrected chi connectivity index (χ1v) is 9.99. The molecule has 4 heterocycles. The van der Waals surface area contributed by atoms with E-state index in [0.717, 1.165) is 29.3 Å². The van der Waals surface area contributed by atoms with Crippen molar-refractivity contribution in [1.82, 2.24) is 24.6 Å². The van der Waals surface area contributed by atoms with Crippen molar-refractivity contribution in [3.63, 3.8) is 0 Å². The molecule has 136 valence electrons. The molecular weight excluding hydrogens is 346 g/mol. The van der Waals surface area contributed by atoms with Gasteiger partial charge in [0.15, 0.2) is 4.96 Å². The maximum absolute atomic E-state index is 12.4. The maximum Gasteiger partial charge on any atom is 0.226 e. The number of pyridine rings is 1. The average molecular weight is 369 g/mol. The van der Waals surface area contributed by atoms with Crippen molar-refractivity contribution >= 4 is 22.2 Å². The monoisotopic (exact) mass is 369 g/mol. The first kappa shape index (κ1) is 17.2. The van der Waals surface area contributed by atoms with E-state index in [2.05, 4.69) is 26.3 Å². The Morgan fingerprint density at radius 1 is 1.31 bits per heavy atom. The van der Waals surface area contributed by atoms with E-state index in [4.69, 9.17) is 0 Å². The fourth-order valence-electron chi connectivity index (χ4n) is 3.56. The highest BCUT2D eigenvalue weighted by Crippen LogP contribution is 2.23. The fourth-order valence-corrected chi connectivity index (χ4v) is 4.28. The van der Waals surface area contributed by atoms with Crippen molar-refractivity contribution in [2.24, 2.45) is 0 Å². The lowest BCUT2D eigenvalue weighted by Gasteiger charge is -2.34. The molecule has 26 heavy (non-hydrogen) atoms. The van der Waals surface area contributed by atoms with Gasteiger partial charge in [-0.25, -0.2) is 4.98 Å². The molecule has 0 aromatic carbocycles. The van der Waals surface area contributed by atoms with Gasteiger partial charge in [0.1, 0.15) is 0 Å². The second-order valence-electron chi connectivity index (χ2n) is 6.70. The van der Waals surface area contributed by atoms with Crippen LogP contribution in [0.3, 0.4) is 0 Å². The minimum absolute atomic E-state index is 0.0154. The van der Waals surface area contributed by atoms with E-state index < -0.39 is 0 Å². The van der Waals surface area contributed by atoms with E-state index in [1.165, 1.54) is 19.3 Å². The maximum atomic E-state index is 12.4. The standard InChI is InChI=1S/C19H23N5OS/c25-18(11-16-14-24-9-10-26-19(24)22-16)21-13-17(15-5-4-6-20-12-15)23-7-2-1-3-8-23/h4-6,9-10,12,14,17H,1-3,7-8,11,13H2,(H,21,25). The van der Waals surface area contributed by atoms with Crippen molar-refractivity contribution in [2.75, 3.05) is 19.6 Å². The summed E-state index contributed by atoms with van der Waals surface area (Å²) in [6, 6.07) is 4.24. The number of carbonyl (C=O) groups excluding carboxylic acids is 1. The molecule has 1 aliphatic rings. The number of aromatic nitrogens is 3. The van der Waals surface area contributed by atoms with Gasteiger partial charge in [0.25, 0.3) is 0 Å². The molecule has 0 spiro atoms. The van der Waals surface area contributed by atoms with Crippen LogP contribution in [0.4, 0.5) is 0 Å². The minimum atomic E-state index is 0.0154. The van der Waals surface area contributed by atoms with E-state index >= 15 is 0 Å². The third-order valence-electron chi connectivity index (χ3n) is 4.88. The summed E-state index contributed by atoms with van der Waals surface area (Å²) >= 11 is 1.58. The number of nitrogens with one attached hydrogen (secondary N) is 1. The van der Waals surface area contributed by atoms with Crippen LogP contribution >= 0.6 is 11.3 Å². The summed E-state index contributed by atoms with van der Waals surface area (Å²) in [6.45, 7) is 2.76. The molecule has 0 saturated carbocycles. The van der Waals surface area contributed by atoms with Crippen LogP contribution in [0, 0.1) is 0 Å². The van der Waals surface area contributed by atoms with Crippen molar-refractivity contribution in [2.45, 2.75) is 31.7 Å². The zero-order valence-electron chi connectivity index (χ0n) is 14.7. The second-order valence-corrected chi connectivity index (χ2v) is 7.58. The van der Waals surface area contributed by atoms with E-state index in [0.29, 0.717) is 13.0 Å². The number of rotatable bonds is 6. The molecule has 0 bridgehead atoms. The summed E-state index contributed by atoms with van der Waals surface area (Å²) < 4.78 is 1.96. The number of amides is 1. The molecule has 1 aliphatic heterocycles. The van der Waals surface area contributed by atoms with Crippen molar-refractivity contribution in [1.29, 1.82) is 0 Å². The molecule has 3 aromatic rings. The topological polar surface area (TPSA) is 62.5 Å². The Morgan fingerprint density at radius 2 is 2.19 bits per heavy atom. The van der Waals surface area contributed by atoms with E-state index in [1.54, 1.807) is 17.5 Å². The molecule has 1 atom stereocenters. The van der Waals surface area contributed by atoms with Gasteiger partial charge in [-0.2, -0.15) is 0 Å². The highest BCUT2D eigenvalue weighted by Gasteiger charge is 2.23. The summed E-state index contributed by atoms with van der Waals surface area (Å²) in [7, 11) is 0. The summed E-state index contributed by atoms with van der Waals surface area (Å²) in [5, 5.41) is 5.10. The lowest BCUT2D eigenvalue weighted by molar-refractivity contribution is -0.120. The molecule has 1 saturated heterocycles. The van der Waals surface area contributed by atoms with E-state index in [1.807, 2.05) is 34.4 Å². The number of carbonyl (C=O) groups is 1. The average Bonchev–Trinajstić information content (AvgIpc) is 3.25. The van der Waals surface area contributed by atoms with Crippen LogP contribution in [0.25, 0.3) is 4.96 Å². The van der Waals surface area contributed by atoms with Crippen LogP contribution < -0.4 is 5.32 Å². The molecule has 6 nitrogen and oxygen atoms in total. The van der Waals surface area contributed by atoms with Crippen LogP contribution in [0.1, 0.15) is 36.6 Å². The fraction of sp³-hybridized carbons (Fsp3) is 0.421. The zero-order valence-corrected chi connectivity index (χ0v) is 15.5. The molecular formula is C19H23N5OS. The highest BCUT2D eigenvalue weighted by atomic mass is 32.1. The highest BCUT2D eigenvalue weighted by molar-refractivity contribution is 7.15. The summed E-state index contributed by atoms with van der Waals surface area (Å²) in [5.74, 6) is 0.0154. The van der Waals surface area contributed by atoms with E-state index in [-0.39, 0.29) is 11.9 Å². The Kier molecular flexibility index (Phi) is 5.26. The molecule has 0 aliphatic carbocycles. The van der Waals surface area contributed by atoms with Gasteiger partial charge in [0.2, 0.25) is 5.91 Å². The lowest BCUT2D eigenvalue weighted by atomic mass is 10.0. The first-order chi connectivity index (χ1) is 12.8. The molecule has 0 radical (unpaired) electrons. The SMILES string of the molecule is O=C(Cc1cn2ccsc2n1)NCC(c1cccnc1)N1CCCCC1. The first-order valence-electron chi connectivity index (χ1n) is 9.11. The van der Waals surface area contributed by atoms with Crippen LogP contribution in [0.5, 0.6) is 0 Å². The molecule has 1 fully saturated rings. The van der Waals surface area contributed by atoms with E-state index in [9.17, 15) is 4.79 Å². The molecule has 1 amide bonds. The Bertz CT molecular complexity index is 825.